The van der Waals surface area contributed by atoms with E-state index in [1.54, 1.807) is 60.2 Å². The van der Waals surface area contributed by atoms with Crippen LogP contribution in [-0.4, -0.2) is 43.0 Å². The maximum atomic E-state index is 12.9. The van der Waals surface area contributed by atoms with E-state index < -0.39 is 6.04 Å². The first-order chi connectivity index (χ1) is 12.4. The summed E-state index contributed by atoms with van der Waals surface area (Å²) in [4.78, 5) is 29.0. The summed E-state index contributed by atoms with van der Waals surface area (Å²) in [5, 5.41) is 0.586. The number of anilines is 1. The van der Waals surface area contributed by atoms with Gasteiger partial charge in [0.15, 0.2) is 0 Å². The lowest BCUT2D eigenvalue weighted by atomic mass is 10.1. The second-order valence-corrected chi connectivity index (χ2v) is 6.76. The number of methoxy groups -OCH3 is 1. The number of amides is 2. The molecule has 0 aliphatic carbocycles. The van der Waals surface area contributed by atoms with E-state index in [4.69, 9.17) is 16.3 Å². The van der Waals surface area contributed by atoms with Gasteiger partial charge in [0, 0.05) is 29.4 Å². The highest BCUT2D eigenvalue weighted by Crippen LogP contribution is 2.28. The molecular weight excluding hydrogens is 352 g/mol. The number of carbonyl (C=O) groups is 2. The summed E-state index contributed by atoms with van der Waals surface area (Å²) < 4.78 is 5.12. The van der Waals surface area contributed by atoms with Gasteiger partial charge < -0.3 is 14.5 Å². The van der Waals surface area contributed by atoms with Crippen LogP contribution in [-0.2, 0) is 4.79 Å². The molecule has 1 heterocycles. The standard InChI is InChI=1S/C20H21ClN2O3/c1-13-4-7-16(21)12-18(13)23-11-10-22(14(2)19(23)24)20(25)15-5-8-17(26-3)9-6-15/h4-9,12,14H,10-11H2,1-3H3/t14-/m1/s1. The normalized spacial score (nSPS) is 17.4. The Labute approximate surface area is 158 Å². The molecule has 0 bridgehead atoms. The first kappa shape index (κ1) is 18.3. The van der Waals surface area contributed by atoms with Crippen molar-refractivity contribution in [2.75, 3.05) is 25.1 Å². The molecule has 1 aliphatic rings. The van der Waals surface area contributed by atoms with Gasteiger partial charge in [-0.3, -0.25) is 9.59 Å². The second kappa shape index (κ2) is 7.38. The van der Waals surface area contributed by atoms with Crippen LogP contribution in [0.3, 0.4) is 0 Å². The number of hydrogen-bond acceptors (Lipinski definition) is 3. The molecule has 136 valence electrons. The van der Waals surface area contributed by atoms with Gasteiger partial charge in [0.1, 0.15) is 11.8 Å². The summed E-state index contributed by atoms with van der Waals surface area (Å²) in [5.74, 6) is 0.423. The third kappa shape index (κ3) is 3.40. The van der Waals surface area contributed by atoms with E-state index >= 15 is 0 Å². The molecule has 0 radical (unpaired) electrons. The number of ether oxygens (including phenoxy) is 1. The Kier molecular flexibility index (Phi) is 5.18. The molecule has 0 saturated carbocycles. The van der Waals surface area contributed by atoms with Crippen LogP contribution in [0.1, 0.15) is 22.8 Å². The van der Waals surface area contributed by atoms with Gasteiger partial charge in [-0.1, -0.05) is 17.7 Å². The Balaban J connectivity index is 1.80. The SMILES string of the molecule is COc1ccc(C(=O)N2CCN(c3cc(Cl)ccc3C)C(=O)[C@H]2C)cc1. The lowest BCUT2D eigenvalue weighted by Crippen LogP contribution is -2.57. The Bertz CT molecular complexity index is 835. The summed E-state index contributed by atoms with van der Waals surface area (Å²) in [6, 6.07) is 11.9. The predicted molar refractivity (Wildman–Crippen MR) is 102 cm³/mol. The van der Waals surface area contributed by atoms with Crippen molar-refractivity contribution in [2.45, 2.75) is 19.9 Å². The molecule has 1 saturated heterocycles. The van der Waals surface area contributed by atoms with Crippen molar-refractivity contribution in [3.8, 4) is 5.75 Å². The van der Waals surface area contributed by atoms with Crippen LogP contribution in [0.4, 0.5) is 5.69 Å². The minimum Gasteiger partial charge on any atom is -0.497 e. The molecule has 2 amide bonds. The topological polar surface area (TPSA) is 49.9 Å². The van der Waals surface area contributed by atoms with Crippen molar-refractivity contribution in [3.63, 3.8) is 0 Å². The average Bonchev–Trinajstić information content (AvgIpc) is 2.65. The molecule has 1 atom stereocenters. The average molecular weight is 373 g/mol. The van der Waals surface area contributed by atoms with E-state index in [1.165, 1.54) is 0 Å². The van der Waals surface area contributed by atoms with E-state index in [9.17, 15) is 9.59 Å². The summed E-state index contributed by atoms with van der Waals surface area (Å²) >= 11 is 6.09. The smallest absolute Gasteiger partial charge is 0.254 e. The van der Waals surface area contributed by atoms with Crippen molar-refractivity contribution in [2.24, 2.45) is 0 Å². The quantitative estimate of drug-likeness (QED) is 0.828. The number of piperazine rings is 1. The minimum absolute atomic E-state index is 0.108. The number of carbonyl (C=O) groups excluding carboxylic acids is 2. The van der Waals surface area contributed by atoms with E-state index in [0.29, 0.717) is 29.4 Å². The number of benzene rings is 2. The molecule has 26 heavy (non-hydrogen) atoms. The maximum absolute atomic E-state index is 12.9. The molecule has 6 heteroatoms. The minimum atomic E-state index is -0.545. The van der Waals surface area contributed by atoms with E-state index in [1.807, 2.05) is 13.0 Å². The summed E-state index contributed by atoms with van der Waals surface area (Å²) in [5.41, 5.74) is 2.31. The van der Waals surface area contributed by atoms with E-state index in [0.717, 1.165) is 11.3 Å². The third-order valence-corrected chi connectivity index (χ3v) is 4.95. The fourth-order valence-corrected chi connectivity index (χ4v) is 3.33. The highest BCUT2D eigenvalue weighted by molar-refractivity contribution is 6.31. The zero-order chi connectivity index (χ0) is 18.8. The van der Waals surface area contributed by atoms with E-state index in [2.05, 4.69) is 0 Å². The lowest BCUT2D eigenvalue weighted by Gasteiger charge is -2.39. The fourth-order valence-electron chi connectivity index (χ4n) is 3.16. The second-order valence-electron chi connectivity index (χ2n) is 6.32. The van der Waals surface area contributed by atoms with Gasteiger partial charge in [-0.15, -0.1) is 0 Å². The predicted octanol–water partition coefficient (Wildman–Crippen LogP) is 3.53. The fraction of sp³-hybridized carbons (Fsp3) is 0.300. The van der Waals surface area contributed by atoms with Gasteiger partial charge in [-0.25, -0.2) is 0 Å². The van der Waals surface area contributed by atoms with Crippen molar-refractivity contribution in [1.82, 2.24) is 4.90 Å². The molecule has 0 aromatic heterocycles. The number of aryl methyl sites for hydroxylation is 1. The maximum Gasteiger partial charge on any atom is 0.254 e. The van der Waals surface area contributed by atoms with Crippen LogP contribution in [0, 0.1) is 6.92 Å². The number of nitrogens with zero attached hydrogens (tertiary/aromatic N) is 2. The highest BCUT2D eigenvalue weighted by atomic mass is 35.5. The van der Waals surface area contributed by atoms with Crippen molar-refractivity contribution in [1.29, 1.82) is 0 Å². The largest absolute Gasteiger partial charge is 0.497 e. The molecule has 1 fully saturated rings. The van der Waals surface area contributed by atoms with Crippen LogP contribution >= 0.6 is 11.6 Å². The van der Waals surface area contributed by atoms with Crippen LogP contribution in [0.15, 0.2) is 42.5 Å². The Morgan fingerprint density at radius 3 is 2.50 bits per heavy atom. The van der Waals surface area contributed by atoms with Crippen LogP contribution in [0.5, 0.6) is 5.75 Å². The van der Waals surface area contributed by atoms with Crippen LogP contribution < -0.4 is 9.64 Å². The molecule has 5 nitrogen and oxygen atoms in total. The Morgan fingerprint density at radius 2 is 1.85 bits per heavy atom. The first-order valence-electron chi connectivity index (χ1n) is 8.45. The highest BCUT2D eigenvalue weighted by Gasteiger charge is 2.35. The van der Waals surface area contributed by atoms with Crippen molar-refractivity contribution < 1.29 is 14.3 Å². The molecule has 2 aromatic carbocycles. The summed E-state index contributed by atoms with van der Waals surface area (Å²) in [6.45, 7) is 4.60. The molecule has 0 N–H and O–H groups in total. The third-order valence-electron chi connectivity index (χ3n) is 4.72. The summed E-state index contributed by atoms with van der Waals surface area (Å²) in [6.07, 6.45) is 0. The van der Waals surface area contributed by atoms with Gasteiger partial charge in [0.25, 0.3) is 5.91 Å². The van der Waals surface area contributed by atoms with Crippen LogP contribution in [0.2, 0.25) is 5.02 Å². The van der Waals surface area contributed by atoms with E-state index in [-0.39, 0.29) is 11.8 Å². The van der Waals surface area contributed by atoms with Crippen LogP contribution in [0.25, 0.3) is 0 Å². The van der Waals surface area contributed by atoms with Gasteiger partial charge in [0.2, 0.25) is 5.91 Å². The lowest BCUT2D eigenvalue weighted by molar-refractivity contribution is -0.124. The zero-order valence-corrected chi connectivity index (χ0v) is 15.8. The monoisotopic (exact) mass is 372 g/mol. The molecule has 0 spiro atoms. The van der Waals surface area contributed by atoms with Gasteiger partial charge >= 0.3 is 0 Å². The molecule has 2 aromatic rings. The Hall–Kier alpha value is -2.53. The van der Waals surface area contributed by atoms with Gasteiger partial charge in [0.05, 0.1) is 7.11 Å². The molecule has 1 aliphatic heterocycles. The van der Waals surface area contributed by atoms with Crippen molar-refractivity contribution >= 4 is 29.1 Å². The van der Waals surface area contributed by atoms with Gasteiger partial charge in [-0.2, -0.15) is 0 Å². The zero-order valence-electron chi connectivity index (χ0n) is 15.0. The molecule has 0 unspecified atom stereocenters. The Morgan fingerprint density at radius 1 is 1.15 bits per heavy atom. The summed E-state index contributed by atoms with van der Waals surface area (Å²) in [7, 11) is 1.58. The van der Waals surface area contributed by atoms with Gasteiger partial charge in [-0.05, 0) is 55.8 Å². The number of hydrogen-bond donors (Lipinski definition) is 0. The first-order valence-corrected chi connectivity index (χ1v) is 8.82. The van der Waals surface area contributed by atoms with Crippen molar-refractivity contribution in [3.05, 3.63) is 58.6 Å². The molecule has 3 rings (SSSR count). The number of halogens is 1. The number of rotatable bonds is 3. The molecular formula is C20H21ClN2O3.